The van der Waals surface area contributed by atoms with Gasteiger partial charge in [-0.1, -0.05) is 12.1 Å². The Labute approximate surface area is 96.0 Å². The highest BCUT2D eigenvalue weighted by Gasteiger charge is 2.21. The van der Waals surface area contributed by atoms with E-state index in [4.69, 9.17) is 4.74 Å². The molecule has 0 aromatic heterocycles. The van der Waals surface area contributed by atoms with Crippen molar-refractivity contribution in [3.8, 4) is 0 Å². The van der Waals surface area contributed by atoms with Crippen molar-refractivity contribution in [1.82, 2.24) is 4.90 Å². The molecule has 2 rings (SSSR count). The van der Waals surface area contributed by atoms with E-state index in [0.717, 1.165) is 25.2 Å². The Balaban J connectivity index is 1.98. The fourth-order valence-electron chi connectivity index (χ4n) is 2.31. The van der Waals surface area contributed by atoms with Gasteiger partial charge in [0, 0.05) is 19.6 Å². The summed E-state index contributed by atoms with van der Waals surface area (Å²) in [6.07, 6.45) is 0.523. The summed E-state index contributed by atoms with van der Waals surface area (Å²) in [5.74, 6) is -0.160. The van der Waals surface area contributed by atoms with E-state index >= 15 is 0 Å². The van der Waals surface area contributed by atoms with Crippen LogP contribution in [0.3, 0.4) is 0 Å². The summed E-state index contributed by atoms with van der Waals surface area (Å²) < 4.78 is 18.7. The summed E-state index contributed by atoms with van der Waals surface area (Å²) in [5.41, 5.74) is 1.03. The lowest BCUT2D eigenvalue weighted by atomic mass is 10.1. The molecule has 1 aromatic carbocycles. The molecule has 1 saturated heterocycles. The summed E-state index contributed by atoms with van der Waals surface area (Å²) >= 11 is 0. The molecule has 0 aliphatic carbocycles. The molecule has 1 fully saturated rings. The van der Waals surface area contributed by atoms with Crippen LogP contribution in [0, 0.1) is 5.82 Å². The Kier molecular flexibility index (Phi) is 3.56. The zero-order valence-electron chi connectivity index (χ0n) is 9.82. The lowest BCUT2D eigenvalue weighted by Crippen LogP contribution is -2.44. The molecule has 0 spiro atoms. The molecule has 0 unspecified atom stereocenters. The molecule has 1 aliphatic rings. The Hall–Kier alpha value is -0.930. The van der Waals surface area contributed by atoms with Gasteiger partial charge >= 0.3 is 0 Å². The van der Waals surface area contributed by atoms with Gasteiger partial charge in [-0.25, -0.2) is 4.39 Å². The molecule has 2 nitrogen and oxygen atoms in total. The maximum absolute atomic E-state index is 13.0. The lowest BCUT2D eigenvalue weighted by molar-refractivity contribution is -0.0705. The third-order valence-electron chi connectivity index (χ3n) is 2.79. The predicted molar refractivity (Wildman–Crippen MR) is 61.7 cm³/mol. The Bertz CT molecular complexity index is 346. The number of hydrogen-bond acceptors (Lipinski definition) is 2. The minimum atomic E-state index is -0.160. The van der Waals surface area contributed by atoms with Gasteiger partial charge in [0.2, 0.25) is 0 Å². The van der Waals surface area contributed by atoms with Crippen LogP contribution >= 0.6 is 0 Å². The molecule has 0 N–H and O–H groups in total. The molecular weight excluding hydrogens is 205 g/mol. The van der Waals surface area contributed by atoms with Crippen LogP contribution in [0.4, 0.5) is 4.39 Å². The van der Waals surface area contributed by atoms with Crippen LogP contribution in [0.1, 0.15) is 19.4 Å². The van der Waals surface area contributed by atoms with E-state index in [1.54, 1.807) is 12.1 Å². The van der Waals surface area contributed by atoms with Gasteiger partial charge in [0.15, 0.2) is 0 Å². The first kappa shape index (κ1) is 11.6. The van der Waals surface area contributed by atoms with Gasteiger partial charge in [0.25, 0.3) is 0 Å². The molecule has 0 amide bonds. The van der Waals surface area contributed by atoms with Crippen molar-refractivity contribution in [2.24, 2.45) is 0 Å². The van der Waals surface area contributed by atoms with Crippen LogP contribution in [0.15, 0.2) is 24.3 Å². The van der Waals surface area contributed by atoms with Crippen LogP contribution in [-0.2, 0) is 11.3 Å². The minimum Gasteiger partial charge on any atom is -0.373 e. The van der Waals surface area contributed by atoms with Gasteiger partial charge < -0.3 is 4.74 Å². The number of halogens is 1. The van der Waals surface area contributed by atoms with Gasteiger partial charge in [-0.15, -0.1) is 0 Å². The number of benzene rings is 1. The van der Waals surface area contributed by atoms with Gasteiger partial charge in [-0.3, -0.25) is 4.90 Å². The van der Waals surface area contributed by atoms with Crippen LogP contribution < -0.4 is 0 Å². The lowest BCUT2D eigenvalue weighted by Gasteiger charge is -2.35. The Morgan fingerprint density at radius 3 is 2.62 bits per heavy atom. The Morgan fingerprint density at radius 2 is 2.00 bits per heavy atom. The minimum absolute atomic E-state index is 0.160. The van der Waals surface area contributed by atoms with Crippen LogP contribution in [0.2, 0.25) is 0 Å². The van der Waals surface area contributed by atoms with E-state index in [9.17, 15) is 4.39 Å². The Morgan fingerprint density at radius 1 is 1.31 bits per heavy atom. The van der Waals surface area contributed by atoms with Crippen molar-refractivity contribution in [3.63, 3.8) is 0 Å². The van der Waals surface area contributed by atoms with Gasteiger partial charge in [0.1, 0.15) is 5.82 Å². The second kappa shape index (κ2) is 4.93. The molecule has 0 bridgehead atoms. The van der Waals surface area contributed by atoms with Gasteiger partial charge in [-0.2, -0.15) is 0 Å². The van der Waals surface area contributed by atoms with E-state index in [2.05, 4.69) is 18.7 Å². The highest BCUT2D eigenvalue weighted by atomic mass is 19.1. The summed E-state index contributed by atoms with van der Waals surface area (Å²) in [6, 6.07) is 6.81. The summed E-state index contributed by atoms with van der Waals surface area (Å²) in [4.78, 5) is 2.31. The van der Waals surface area contributed by atoms with E-state index in [-0.39, 0.29) is 18.0 Å². The van der Waals surface area contributed by atoms with Gasteiger partial charge in [0.05, 0.1) is 12.2 Å². The maximum atomic E-state index is 13.0. The van der Waals surface area contributed by atoms with E-state index in [1.165, 1.54) is 6.07 Å². The first-order chi connectivity index (χ1) is 7.63. The highest BCUT2D eigenvalue weighted by Crippen LogP contribution is 2.14. The van der Waals surface area contributed by atoms with Crippen molar-refractivity contribution in [3.05, 3.63) is 35.6 Å². The van der Waals surface area contributed by atoms with E-state index in [0.29, 0.717) is 0 Å². The summed E-state index contributed by atoms with van der Waals surface area (Å²) in [6.45, 7) is 6.79. The predicted octanol–water partition coefficient (Wildman–Crippen LogP) is 2.43. The topological polar surface area (TPSA) is 12.5 Å². The first-order valence-electron chi connectivity index (χ1n) is 5.76. The first-order valence-corrected chi connectivity index (χ1v) is 5.76. The van der Waals surface area contributed by atoms with Crippen molar-refractivity contribution in [2.75, 3.05) is 13.1 Å². The molecule has 2 atom stereocenters. The van der Waals surface area contributed by atoms with E-state index in [1.807, 2.05) is 6.07 Å². The molecule has 3 heteroatoms. The zero-order valence-corrected chi connectivity index (χ0v) is 9.82. The number of nitrogens with zero attached hydrogens (tertiary/aromatic N) is 1. The monoisotopic (exact) mass is 223 g/mol. The molecule has 88 valence electrons. The average Bonchev–Trinajstić information content (AvgIpc) is 2.15. The normalized spacial score (nSPS) is 26.9. The SMILES string of the molecule is C[C@@H]1CN(Cc2cccc(F)c2)C[C@@H](C)O1. The third kappa shape index (κ3) is 3.03. The van der Waals surface area contributed by atoms with Crippen molar-refractivity contribution < 1.29 is 9.13 Å². The molecular formula is C13H18FNO. The van der Waals surface area contributed by atoms with Crippen LogP contribution in [0.25, 0.3) is 0 Å². The third-order valence-corrected chi connectivity index (χ3v) is 2.79. The number of hydrogen-bond donors (Lipinski definition) is 0. The standard InChI is InChI=1S/C13H18FNO/c1-10-7-15(8-11(2)16-10)9-12-4-3-5-13(14)6-12/h3-6,10-11H,7-9H2,1-2H3/t10-,11-/m1/s1. The van der Waals surface area contributed by atoms with Crippen molar-refractivity contribution >= 4 is 0 Å². The van der Waals surface area contributed by atoms with Gasteiger partial charge in [-0.05, 0) is 31.5 Å². The largest absolute Gasteiger partial charge is 0.373 e. The van der Waals surface area contributed by atoms with Crippen molar-refractivity contribution in [1.29, 1.82) is 0 Å². The molecule has 0 saturated carbocycles. The molecule has 0 radical (unpaired) electrons. The quantitative estimate of drug-likeness (QED) is 0.763. The second-order valence-electron chi connectivity index (χ2n) is 4.58. The summed E-state index contributed by atoms with van der Waals surface area (Å²) in [5, 5.41) is 0. The fraction of sp³-hybridized carbons (Fsp3) is 0.538. The molecule has 1 aromatic rings. The highest BCUT2D eigenvalue weighted by molar-refractivity contribution is 5.16. The van der Waals surface area contributed by atoms with Crippen LogP contribution in [-0.4, -0.2) is 30.2 Å². The number of rotatable bonds is 2. The zero-order chi connectivity index (χ0) is 11.5. The fourth-order valence-corrected chi connectivity index (χ4v) is 2.31. The molecule has 16 heavy (non-hydrogen) atoms. The van der Waals surface area contributed by atoms with E-state index < -0.39 is 0 Å². The molecule has 1 heterocycles. The van der Waals surface area contributed by atoms with Crippen LogP contribution in [0.5, 0.6) is 0 Å². The number of morpholine rings is 1. The second-order valence-corrected chi connectivity index (χ2v) is 4.58. The average molecular weight is 223 g/mol. The maximum Gasteiger partial charge on any atom is 0.123 e. The summed E-state index contributed by atoms with van der Waals surface area (Å²) in [7, 11) is 0. The smallest absolute Gasteiger partial charge is 0.123 e. The van der Waals surface area contributed by atoms with Crippen molar-refractivity contribution in [2.45, 2.75) is 32.6 Å². The molecule has 1 aliphatic heterocycles. The number of ether oxygens (including phenoxy) is 1.